The Morgan fingerprint density at radius 1 is 1.06 bits per heavy atom. The molecule has 0 unspecified atom stereocenters. The van der Waals surface area contributed by atoms with Crippen molar-refractivity contribution in [2.75, 3.05) is 0 Å². The fourth-order valence-electron chi connectivity index (χ4n) is 3.26. The van der Waals surface area contributed by atoms with Gasteiger partial charge in [-0.05, 0) is 54.4 Å². The van der Waals surface area contributed by atoms with Crippen molar-refractivity contribution in [2.45, 2.75) is 13.5 Å². The van der Waals surface area contributed by atoms with Crippen molar-refractivity contribution >= 4 is 5.91 Å². The monoisotopic (exact) mass is 434 g/mol. The zero-order chi connectivity index (χ0) is 22.7. The SMILES string of the molecule is Cc1cc(Oc2ccnc(-c3cnn(C)c3)c2)cc(C(=O)NCc2cc(F)cc(F)c2)c1. The summed E-state index contributed by atoms with van der Waals surface area (Å²) in [5, 5.41) is 6.82. The lowest BCUT2D eigenvalue weighted by Crippen LogP contribution is -2.23. The average molecular weight is 434 g/mol. The number of benzene rings is 2. The summed E-state index contributed by atoms with van der Waals surface area (Å²) in [6, 6.07) is 11.8. The lowest BCUT2D eigenvalue weighted by molar-refractivity contribution is 0.0950. The van der Waals surface area contributed by atoms with Crippen LogP contribution in [0.15, 0.2) is 67.1 Å². The highest BCUT2D eigenvalue weighted by atomic mass is 19.1. The van der Waals surface area contributed by atoms with Gasteiger partial charge in [0.15, 0.2) is 0 Å². The second-order valence-corrected chi connectivity index (χ2v) is 7.38. The number of ether oxygens (including phenoxy) is 1. The van der Waals surface area contributed by atoms with Crippen LogP contribution in [0.2, 0.25) is 0 Å². The quantitative estimate of drug-likeness (QED) is 0.474. The molecule has 4 aromatic rings. The summed E-state index contributed by atoms with van der Waals surface area (Å²) >= 11 is 0. The first-order valence-corrected chi connectivity index (χ1v) is 9.83. The highest BCUT2D eigenvalue weighted by Gasteiger charge is 2.11. The number of halogens is 2. The Morgan fingerprint density at radius 2 is 1.84 bits per heavy atom. The van der Waals surface area contributed by atoms with E-state index in [4.69, 9.17) is 4.74 Å². The molecule has 0 atom stereocenters. The Hall–Kier alpha value is -4.07. The summed E-state index contributed by atoms with van der Waals surface area (Å²) in [6.45, 7) is 1.84. The molecule has 4 rings (SSSR count). The van der Waals surface area contributed by atoms with Crippen molar-refractivity contribution in [3.63, 3.8) is 0 Å². The Morgan fingerprint density at radius 3 is 2.56 bits per heavy atom. The molecule has 0 bridgehead atoms. The Bertz CT molecular complexity index is 1270. The molecule has 6 nitrogen and oxygen atoms in total. The van der Waals surface area contributed by atoms with Crippen molar-refractivity contribution in [1.82, 2.24) is 20.1 Å². The van der Waals surface area contributed by atoms with Crippen LogP contribution in [-0.2, 0) is 13.6 Å². The summed E-state index contributed by atoms with van der Waals surface area (Å²) < 4.78 is 34.4. The number of amides is 1. The van der Waals surface area contributed by atoms with Crippen LogP contribution in [-0.4, -0.2) is 20.7 Å². The van der Waals surface area contributed by atoms with E-state index in [-0.39, 0.29) is 12.5 Å². The molecule has 0 radical (unpaired) electrons. The molecule has 8 heteroatoms. The minimum Gasteiger partial charge on any atom is -0.457 e. The molecule has 0 fully saturated rings. The summed E-state index contributed by atoms with van der Waals surface area (Å²) in [5.74, 6) is -0.720. The van der Waals surface area contributed by atoms with Crippen molar-refractivity contribution in [3.8, 4) is 22.8 Å². The smallest absolute Gasteiger partial charge is 0.251 e. The third kappa shape index (κ3) is 5.15. The number of nitrogens with zero attached hydrogens (tertiary/aromatic N) is 3. The number of hydrogen-bond donors (Lipinski definition) is 1. The highest BCUT2D eigenvalue weighted by molar-refractivity contribution is 5.94. The van der Waals surface area contributed by atoms with Crippen LogP contribution < -0.4 is 10.1 Å². The van der Waals surface area contributed by atoms with Gasteiger partial charge in [-0.15, -0.1) is 0 Å². The number of carbonyl (C=O) groups is 1. The Kier molecular flexibility index (Phi) is 5.93. The molecule has 0 aliphatic carbocycles. The maximum Gasteiger partial charge on any atom is 0.251 e. The summed E-state index contributed by atoms with van der Waals surface area (Å²) in [5.41, 5.74) is 3.10. The minimum atomic E-state index is -0.691. The van der Waals surface area contributed by atoms with Gasteiger partial charge in [-0.1, -0.05) is 0 Å². The number of hydrogen-bond acceptors (Lipinski definition) is 4. The molecular weight excluding hydrogens is 414 g/mol. The second-order valence-electron chi connectivity index (χ2n) is 7.38. The van der Waals surface area contributed by atoms with Crippen molar-refractivity contribution in [3.05, 3.63) is 95.4 Å². The van der Waals surface area contributed by atoms with Crippen LogP contribution >= 0.6 is 0 Å². The highest BCUT2D eigenvalue weighted by Crippen LogP contribution is 2.27. The first-order chi connectivity index (χ1) is 15.4. The molecule has 0 aliphatic heterocycles. The maximum atomic E-state index is 13.3. The van der Waals surface area contributed by atoms with Gasteiger partial charge in [0.05, 0.1) is 11.9 Å². The first kappa shape index (κ1) is 21.2. The molecule has 2 aromatic carbocycles. The summed E-state index contributed by atoms with van der Waals surface area (Å²) in [6.07, 6.45) is 5.20. The standard InChI is InChI=1S/C24H20F2N4O2/c1-15-5-17(24(31)28-12-16-7-19(25)10-20(26)8-16)9-22(6-15)32-21-3-4-27-23(11-21)18-13-29-30(2)14-18/h3-11,13-14H,12H2,1-2H3,(H,28,31). The fourth-order valence-corrected chi connectivity index (χ4v) is 3.26. The van der Waals surface area contributed by atoms with Crippen molar-refractivity contribution in [2.24, 2.45) is 7.05 Å². The zero-order valence-electron chi connectivity index (χ0n) is 17.5. The van der Waals surface area contributed by atoms with E-state index in [9.17, 15) is 13.6 Å². The number of aryl methyl sites for hydroxylation is 2. The molecule has 1 N–H and O–H groups in total. The van der Waals surface area contributed by atoms with E-state index in [1.165, 1.54) is 12.1 Å². The lowest BCUT2D eigenvalue weighted by atomic mass is 10.1. The second kappa shape index (κ2) is 8.97. The number of carbonyl (C=O) groups excluding carboxylic acids is 1. The largest absolute Gasteiger partial charge is 0.457 e. The molecule has 162 valence electrons. The summed E-state index contributed by atoms with van der Waals surface area (Å²) in [7, 11) is 1.83. The van der Waals surface area contributed by atoms with Gasteiger partial charge in [-0.25, -0.2) is 8.78 Å². The Labute approximate surface area is 183 Å². The number of pyridine rings is 1. The van der Waals surface area contributed by atoms with Gasteiger partial charge in [0.1, 0.15) is 23.1 Å². The number of nitrogens with one attached hydrogen (secondary N) is 1. The normalized spacial score (nSPS) is 10.8. The van der Waals surface area contributed by atoms with Gasteiger partial charge < -0.3 is 10.1 Å². The van der Waals surface area contributed by atoms with Crippen LogP contribution in [0.1, 0.15) is 21.5 Å². The summed E-state index contributed by atoms with van der Waals surface area (Å²) in [4.78, 5) is 17.0. The molecule has 32 heavy (non-hydrogen) atoms. The van der Waals surface area contributed by atoms with Gasteiger partial charge in [-0.3, -0.25) is 14.5 Å². The molecule has 2 heterocycles. The van der Waals surface area contributed by atoms with Gasteiger partial charge in [0.2, 0.25) is 0 Å². The predicted molar refractivity (Wildman–Crippen MR) is 115 cm³/mol. The van der Waals surface area contributed by atoms with E-state index in [1.54, 1.807) is 41.3 Å². The third-order valence-electron chi connectivity index (χ3n) is 4.66. The number of aromatic nitrogens is 3. The molecule has 1 amide bonds. The van der Waals surface area contributed by atoms with Gasteiger partial charge in [0, 0.05) is 49.2 Å². The molecule has 2 aromatic heterocycles. The average Bonchev–Trinajstić information content (AvgIpc) is 3.17. The van der Waals surface area contributed by atoms with Crippen molar-refractivity contribution < 1.29 is 18.3 Å². The van der Waals surface area contributed by atoms with Crippen LogP contribution in [0.5, 0.6) is 11.5 Å². The van der Waals surface area contributed by atoms with Crippen LogP contribution in [0.4, 0.5) is 8.78 Å². The van der Waals surface area contributed by atoms with E-state index in [2.05, 4.69) is 15.4 Å². The lowest BCUT2D eigenvalue weighted by Gasteiger charge is -2.11. The van der Waals surface area contributed by atoms with Crippen molar-refractivity contribution in [1.29, 1.82) is 0 Å². The van der Waals surface area contributed by atoms with E-state index >= 15 is 0 Å². The maximum absolute atomic E-state index is 13.3. The molecule has 0 saturated heterocycles. The van der Waals surface area contributed by atoms with Gasteiger partial charge >= 0.3 is 0 Å². The molecule has 0 saturated carbocycles. The molecule has 0 spiro atoms. The van der Waals surface area contributed by atoms with E-state index in [1.807, 2.05) is 26.2 Å². The fraction of sp³-hybridized carbons (Fsp3) is 0.125. The van der Waals surface area contributed by atoms with Crippen LogP contribution in [0.25, 0.3) is 11.3 Å². The van der Waals surface area contributed by atoms with Crippen LogP contribution in [0, 0.1) is 18.6 Å². The predicted octanol–water partition coefficient (Wildman–Crippen LogP) is 4.79. The Balaban J connectivity index is 1.49. The first-order valence-electron chi connectivity index (χ1n) is 9.83. The third-order valence-corrected chi connectivity index (χ3v) is 4.66. The van der Waals surface area contributed by atoms with E-state index in [0.29, 0.717) is 28.3 Å². The molecule has 0 aliphatic rings. The number of rotatable bonds is 6. The van der Waals surface area contributed by atoms with E-state index < -0.39 is 11.6 Å². The molecular formula is C24H20F2N4O2. The minimum absolute atomic E-state index is 0.00350. The van der Waals surface area contributed by atoms with E-state index in [0.717, 1.165) is 17.2 Å². The zero-order valence-corrected chi connectivity index (χ0v) is 17.5. The van der Waals surface area contributed by atoms with Crippen LogP contribution in [0.3, 0.4) is 0 Å². The van der Waals surface area contributed by atoms with Gasteiger partial charge in [0.25, 0.3) is 5.91 Å². The topological polar surface area (TPSA) is 69.0 Å². The van der Waals surface area contributed by atoms with Gasteiger partial charge in [-0.2, -0.15) is 5.10 Å².